The number of rotatable bonds is 7. The Kier molecular flexibility index (Phi) is 6.57. The first kappa shape index (κ1) is 19.9. The topological polar surface area (TPSA) is 59.8 Å². The van der Waals surface area contributed by atoms with Crippen molar-refractivity contribution in [1.29, 1.82) is 0 Å². The minimum absolute atomic E-state index is 0.0932. The van der Waals surface area contributed by atoms with Gasteiger partial charge in [0.15, 0.2) is 11.0 Å². The molecule has 1 aromatic carbocycles. The predicted octanol–water partition coefficient (Wildman–Crippen LogP) is 5.42. The van der Waals surface area contributed by atoms with Gasteiger partial charge in [0, 0.05) is 33.1 Å². The summed E-state index contributed by atoms with van der Waals surface area (Å²) in [6.07, 6.45) is 0.968. The van der Waals surface area contributed by atoms with Gasteiger partial charge in [-0.15, -0.1) is 21.5 Å². The van der Waals surface area contributed by atoms with E-state index in [1.807, 2.05) is 25.1 Å². The molecule has 3 rings (SSSR count). The zero-order valence-electron chi connectivity index (χ0n) is 15.5. The summed E-state index contributed by atoms with van der Waals surface area (Å²) in [6, 6.07) is 7.59. The molecule has 0 saturated heterocycles. The van der Waals surface area contributed by atoms with Crippen LogP contribution in [0.25, 0.3) is 11.4 Å². The second-order valence-corrected chi connectivity index (χ2v) is 8.62. The lowest BCUT2D eigenvalue weighted by atomic mass is 10.2. The van der Waals surface area contributed by atoms with Gasteiger partial charge < -0.3 is 9.88 Å². The monoisotopic (exact) mass is 420 g/mol. The van der Waals surface area contributed by atoms with E-state index >= 15 is 0 Å². The van der Waals surface area contributed by atoms with E-state index in [0.717, 1.165) is 40.8 Å². The van der Waals surface area contributed by atoms with Crippen molar-refractivity contribution < 1.29 is 4.79 Å². The molecule has 1 N–H and O–H groups in total. The predicted molar refractivity (Wildman–Crippen MR) is 114 cm³/mol. The Balaban J connectivity index is 1.71. The maximum atomic E-state index is 12.4. The summed E-state index contributed by atoms with van der Waals surface area (Å²) < 4.78 is 2.09. The highest BCUT2D eigenvalue weighted by Gasteiger charge is 2.16. The molecule has 0 radical (unpaired) electrons. The fourth-order valence-electron chi connectivity index (χ4n) is 2.65. The number of anilines is 1. The highest BCUT2D eigenvalue weighted by molar-refractivity contribution is 7.99. The van der Waals surface area contributed by atoms with Gasteiger partial charge >= 0.3 is 0 Å². The number of amides is 1. The summed E-state index contributed by atoms with van der Waals surface area (Å²) in [5.41, 5.74) is 2.67. The molecule has 0 aliphatic heterocycles. The lowest BCUT2D eigenvalue weighted by Crippen LogP contribution is -2.15. The number of carbonyl (C=O) groups excluding carboxylic acids is 1. The van der Waals surface area contributed by atoms with Gasteiger partial charge in [0.2, 0.25) is 5.91 Å². The molecule has 0 aliphatic rings. The van der Waals surface area contributed by atoms with Crippen molar-refractivity contribution in [3.8, 4) is 11.4 Å². The molecule has 0 spiro atoms. The lowest BCUT2D eigenvalue weighted by Gasteiger charge is -2.10. The van der Waals surface area contributed by atoms with E-state index in [9.17, 15) is 4.79 Å². The minimum Gasteiger partial charge on any atom is -0.325 e. The first-order valence-electron chi connectivity index (χ1n) is 8.66. The normalized spacial score (nSPS) is 11.0. The third kappa shape index (κ3) is 4.72. The van der Waals surface area contributed by atoms with E-state index in [1.54, 1.807) is 11.3 Å². The molecule has 0 saturated carbocycles. The van der Waals surface area contributed by atoms with Crippen LogP contribution < -0.4 is 5.32 Å². The second kappa shape index (κ2) is 8.91. The van der Waals surface area contributed by atoms with Crippen molar-refractivity contribution in [2.24, 2.45) is 0 Å². The number of thioether (sulfide) groups is 1. The average Bonchev–Trinajstić information content (AvgIpc) is 3.24. The average molecular weight is 421 g/mol. The molecule has 0 fully saturated rings. The number of hydrogen-bond donors (Lipinski definition) is 1. The van der Waals surface area contributed by atoms with Gasteiger partial charge in [-0.25, -0.2) is 0 Å². The van der Waals surface area contributed by atoms with E-state index in [2.05, 4.69) is 45.4 Å². The number of nitrogens with one attached hydrogen (secondary N) is 1. The van der Waals surface area contributed by atoms with Gasteiger partial charge in [0.1, 0.15) is 0 Å². The Morgan fingerprint density at radius 3 is 2.85 bits per heavy atom. The number of nitrogens with zero attached hydrogens (tertiary/aromatic N) is 3. The molecule has 0 atom stereocenters. The number of carbonyl (C=O) groups is 1. The number of hydrogen-bond acceptors (Lipinski definition) is 5. The van der Waals surface area contributed by atoms with Crippen LogP contribution in [0.3, 0.4) is 0 Å². The van der Waals surface area contributed by atoms with Crippen molar-refractivity contribution in [2.75, 3.05) is 11.1 Å². The van der Waals surface area contributed by atoms with Crippen molar-refractivity contribution >= 4 is 46.3 Å². The summed E-state index contributed by atoms with van der Waals surface area (Å²) in [4.78, 5) is 13.6. The van der Waals surface area contributed by atoms with Crippen LogP contribution in [0.15, 0.2) is 34.8 Å². The number of thiophene rings is 1. The smallest absolute Gasteiger partial charge is 0.234 e. The number of aryl methyl sites for hydroxylation is 1. The molecule has 1 amide bonds. The Labute approximate surface area is 172 Å². The Morgan fingerprint density at radius 1 is 1.33 bits per heavy atom. The largest absolute Gasteiger partial charge is 0.325 e. The molecule has 3 aromatic rings. The summed E-state index contributed by atoms with van der Waals surface area (Å²) in [5, 5.41) is 15.1. The Bertz CT molecular complexity index is 951. The third-order valence-corrected chi connectivity index (χ3v) is 6.26. The maximum absolute atomic E-state index is 12.4. The molecule has 0 bridgehead atoms. The zero-order chi connectivity index (χ0) is 19.4. The summed E-state index contributed by atoms with van der Waals surface area (Å²) in [5.74, 6) is 1.02. The van der Waals surface area contributed by atoms with Gasteiger partial charge in [-0.1, -0.05) is 36.4 Å². The molecule has 8 heteroatoms. The third-order valence-electron chi connectivity index (χ3n) is 4.03. The maximum Gasteiger partial charge on any atom is 0.234 e. The van der Waals surface area contributed by atoms with Crippen molar-refractivity contribution in [3.63, 3.8) is 0 Å². The van der Waals surface area contributed by atoms with Gasteiger partial charge in [0.05, 0.1) is 5.75 Å². The Hall–Kier alpha value is -1.83. The van der Waals surface area contributed by atoms with Crippen LogP contribution in [-0.4, -0.2) is 26.4 Å². The van der Waals surface area contributed by atoms with Crippen LogP contribution in [0.1, 0.15) is 23.8 Å². The second-order valence-electron chi connectivity index (χ2n) is 6.15. The first-order chi connectivity index (χ1) is 13.0. The molecule has 142 valence electrons. The van der Waals surface area contributed by atoms with Crippen molar-refractivity contribution in [1.82, 2.24) is 14.8 Å². The number of aromatic nitrogens is 3. The van der Waals surface area contributed by atoms with E-state index < -0.39 is 0 Å². The number of benzene rings is 1. The minimum atomic E-state index is -0.0932. The van der Waals surface area contributed by atoms with E-state index in [0.29, 0.717) is 5.02 Å². The number of halogens is 1. The fraction of sp³-hybridized carbons (Fsp3) is 0.316. The van der Waals surface area contributed by atoms with E-state index in [-0.39, 0.29) is 11.7 Å². The Morgan fingerprint density at radius 2 is 2.15 bits per heavy atom. The van der Waals surface area contributed by atoms with Crippen molar-refractivity contribution in [2.45, 2.75) is 38.9 Å². The lowest BCUT2D eigenvalue weighted by molar-refractivity contribution is -0.113. The van der Waals surface area contributed by atoms with Crippen LogP contribution in [-0.2, 0) is 11.3 Å². The van der Waals surface area contributed by atoms with E-state index in [1.165, 1.54) is 16.6 Å². The summed E-state index contributed by atoms with van der Waals surface area (Å²) in [6.45, 7) is 6.89. The highest BCUT2D eigenvalue weighted by Crippen LogP contribution is 2.28. The molecular formula is C19H21ClN4OS2. The fourth-order valence-corrected chi connectivity index (χ4v) is 4.27. The molecule has 5 nitrogen and oxygen atoms in total. The molecule has 2 heterocycles. The molecule has 0 unspecified atom stereocenters. The van der Waals surface area contributed by atoms with Crippen molar-refractivity contribution in [3.05, 3.63) is 45.1 Å². The van der Waals surface area contributed by atoms with Gasteiger partial charge in [-0.05, 0) is 44.0 Å². The van der Waals surface area contributed by atoms with E-state index in [4.69, 9.17) is 11.6 Å². The highest BCUT2D eigenvalue weighted by atomic mass is 35.5. The van der Waals surface area contributed by atoms with Crippen LogP contribution in [0.5, 0.6) is 0 Å². The molecular weight excluding hydrogens is 400 g/mol. The zero-order valence-corrected chi connectivity index (χ0v) is 17.8. The first-order valence-corrected chi connectivity index (χ1v) is 10.9. The summed E-state index contributed by atoms with van der Waals surface area (Å²) in [7, 11) is 0. The molecule has 2 aromatic heterocycles. The van der Waals surface area contributed by atoms with Crippen LogP contribution in [0, 0.1) is 13.8 Å². The van der Waals surface area contributed by atoms with Gasteiger partial charge in [-0.2, -0.15) is 0 Å². The van der Waals surface area contributed by atoms with Crippen LogP contribution in [0.4, 0.5) is 5.69 Å². The standard InChI is InChI=1S/C19H21ClN4OS2/c1-4-8-24-18(14-9-12(2)26-10-14)22-23-19(24)27-11-17(25)21-16-7-5-6-15(20)13(16)3/h5-7,9-10H,4,8,11H2,1-3H3,(H,21,25). The van der Waals surface area contributed by atoms with Gasteiger partial charge in [0.25, 0.3) is 0 Å². The van der Waals surface area contributed by atoms with Crippen LogP contribution in [0.2, 0.25) is 5.02 Å². The SMILES string of the molecule is CCCn1c(SCC(=O)Nc2cccc(Cl)c2C)nnc1-c1csc(C)c1. The molecule has 27 heavy (non-hydrogen) atoms. The molecule has 0 aliphatic carbocycles. The quantitative estimate of drug-likeness (QED) is 0.518. The summed E-state index contributed by atoms with van der Waals surface area (Å²) >= 11 is 9.20. The van der Waals surface area contributed by atoms with Crippen LogP contribution >= 0.6 is 34.7 Å². The van der Waals surface area contributed by atoms with Gasteiger partial charge in [-0.3, -0.25) is 4.79 Å².